The number of allylic oxidation sites excluding steroid dienone is 1. The van der Waals surface area contributed by atoms with Crippen molar-refractivity contribution in [1.82, 2.24) is 0 Å². The van der Waals surface area contributed by atoms with Gasteiger partial charge in [0.25, 0.3) is 0 Å². The van der Waals surface area contributed by atoms with E-state index >= 15 is 0 Å². The minimum atomic E-state index is -0.573. The summed E-state index contributed by atoms with van der Waals surface area (Å²) in [6.07, 6.45) is 11.3. The lowest BCUT2D eigenvalue weighted by Crippen LogP contribution is -2.21. The molecule has 0 fully saturated rings. The average molecular weight is 264 g/mol. The Bertz CT molecular complexity index is 381. The maximum absolute atomic E-state index is 11.7. The second kappa shape index (κ2) is 6.90. The minimum Gasteiger partial charge on any atom is -0.487 e. The third kappa shape index (κ3) is 3.69. The Morgan fingerprint density at radius 1 is 1.37 bits per heavy atom. The third-order valence-electron chi connectivity index (χ3n) is 3.84. The first-order valence-electron chi connectivity index (χ1n) is 7.50. The van der Waals surface area contributed by atoms with Gasteiger partial charge in [-0.1, -0.05) is 32.3 Å². The van der Waals surface area contributed by atoms with Crippen molar-refractivity contribution in [2.45, 2.75) is 70.5 Å². The van der Waals surface area contributed by atoms with Gasteiger partial charge in [0.1, 0.15) is 18.0 Å². The van der Waals surface area contributed by atoms with Gasteiger partial charge in [-0.05, 0) is 25.3 Å². The number of aliphatic hydroxyl groups is 1. The number of ether oxygens (including phenoxy) is 1. The van der Waals surface area contributed by atoms with E-state index in [1.807, 2.05) is 6.08 Å². The molecule has 0 spiro atoms. The zero-order chi connectivity index (χ0) is 13.7. The summed E-state index contributed by atoms with van der Waals surface area (Å²) in [5.74, 6) is 0.691. The summed E-state index contributed by atoms with van der Waals surface area (Å²) in [7, 11) is 0. The zero-order valence-corrected chi connectivity index (χ0v) is 11.7. The molecule has 0 bridgehead atoms. The van der Waals surface area contributed by atoms with Gasteiger partial charge in [0, 0.05) is 18.4 Å². The molecule has 3 nitrogen and oxygen atoms in total. The Balaban J connectivity index is 1.77. The molecule has 1 aliphatic carbocycles. The third-order valence-corrected chi connectivity index (χ3v) is 3.84. The van der Waals surface area contributed by atoms with Gasteiger partial charge in [-0.3, -0.25) is 4.79 Å². The molecule has 0 aromatic carbocycles. The van der Waals surface area contributed by atoms with Crippen molar-refractivity contribution in [1.29, 1.82) is 0 Å². The monoisotopic (exact) mass is 264 g/mol. The van der Waals surface area contributed by atoms with Gasteiger partial charge in [-0.15, -0.1) is 0 Å². The largest absolute Gasteiger partial charge is 0.487 e. The number of hydrogen-bond acceptors (Lipinski definition) is 3. The average Bonchev–Trinajstić information content (AvgIpc) is 2.83. The molecule has 1 heterocycles. The lowest BCUT2D eigenvalue weighted by molar-refractivity contribution is -0.117. The number of unbranched alkanes of at least 4 members (excludes halogenated alkanes) is 4. The van der Waals surface area contributed by atoms with Crippen LogP contribution >= 0.6 is 0 Å². The van der Waals surface area contributed by atoms with E-state index in [4.69, 9.17) is 4.74 Å². The van der Waals surface area contributed by atoms with Crippen LogP contribution in [0.5, 0.6) is 0 Å². The van der Waals surface area contributed by atoms with Gasteiger partial charge < -0.3 is 9.84 Å². The predicted molar refractivity (Wildman–Crippen MR) is 74.7 cm³/mol. The van der Waals surface area contributed by atoms with Crippen molar-refractivity contribution >= 4 is 5.78 Å². The Morgan fingerprint density at radius 2 is 2.21 bits per heavy atom. The molecule has 1 N–H and O–H groups in total. The van der Waals surface area contributed by atoms with Crippen molar-refractivity contribution in [3.05, 3.63) is 23.5 Å². The molecular weight excluding hydrogens is 240 g/mol. The quantitative estimate of drug-likeness (QED) is 0.591. The number of Topliss-reactive ketones (excluding diaryl/α,β-unsaturated/α-hetero) is 1. The van der Waals surface area contributed by atoms with Crippen LogP contribution in [0.4, 0.5) is 0 Å². The topological polar surface area (TPSA) is 46.5 Å². The van der Waals surface area contributed by atoms with Crippen LogP contribution in [-0.4, -0.2) is 23.1 Å². The van der Waals surface area contributed by atoms with Crippen LogP contribution in [0.15, 0.2) is 23.5 Å². The fourth-order valence-corrected chi connectivity index (χ4v) is 2.70. The van der Waals surface area contributed by atoms with Crippen LogP contribution in [0.25, 0.3) is 0 Å². The molecular formula is C16H24O3. The van der Waals surface area contributed by atoms with Crippen LogP contribution in [0.1, 0.15) is 58.3 Å². The summed E-state index contributed by atoms with van der Waals surface area (Å²) in [5.41, 5.74) is 0.722. The molecule has 0 radical (unpaired) electrons. The van der Waals surface area contributed by atoms with E-state index in [9.17, 15) is 9.90 Å². The highest BCUT2D eigenvalue weighted by atomic mass is 16.5. The normalized spacial score (nSPS) is 26.9. The van der Waals surface area contributed by atoms with E-state index < -0.39 is 6.10 Å². The first-order valence-corrected chi connectivity index (χ1v) is 7.50. The summed E-state index contributed by atoms with van der Waals surface area (Å²) in [5, 5.41) is 9.82. The fourth-order valence-electron chi connectivity index (χ4n) is 2.70. The molecule has 0 aromatic rings. The molecule has 2 atom stereocenters. The maximum Gasteiger partial charge on any atom is 0.162 e. The minimum absolute atomic E-state index is 0.0483. The summed E-state index contributed by atoms with van der Waals surface area (Å²) in [6.45, 7) is 2.21. The van der Waals surface area contributed by atoms with E-state index in [1.165, 1.54) is 25.7 Å². The van der Waals surface area contributed by atoms with Crippen LogP contribution < -0.4 is 0 Å². The number of ketones is 1. The summed E-state index contributed by atoms with van der Waals surface area (Å²) in [4.78, 5) is 11.7. The van der Waals surface area contributed by atoms with Crippen molar-refractivity contribution < 1.29 is 14.6 Å². The van der Waals surface area contributed by atoms with Crippen molar-refractivity contribution in [2.24, 2.45) is 0 Å². The van der Waals surface area contributed by atoms with Gasteiger partial charge >= 0.3 is 0 Å². The Morgan fingerprint density at radius 3 is 2.95 bits per heavy atom. The molecule has 3 heteroatoms. The highest BCUT2D eigenvalue weighted by Crippen LogP contribution is 2.34. The molecule has 19 heavy (non-hydrogen) atoms. The number of carbonyl (C=O) groups is 1. The van der Waals surface area contributed by atoms with Crippen LogP contribution in [0, 0.1) is 0 Å². The number of aliphatic hydroxyl groups excluding tert-OH is 1. The van der Waals surface area contributed by atoms with Crippen LogP contribution in [-0.2, 0) is 9.53 Å². The standard InChI is InChI=1S/C16H24O3/c1-2-3-4-5-6-7-8-12-11-13-14(17)9-10-15(18)16(13)19-12/h7-8,12,15,18H,2-6,9-11H2,1H3/b8-7+/t12?,15-/m1/s1. The molecule has 1 unspecified atom stereocenters. The lowest BCUT2D eigenvalue weighted by atomic mass is 9.93. The number of hydrogen-bond donors (Lipinski definition) is 1. The van der Waals surface area contributed by atoms with Crippen LogP contribution in [0.2, 0.25) is 0 Å². The van der Waals surface area contributed by atoms with Crippen molar-refractivity contribution in [3.8, 4) is 0 Å². The molecule has 1 aliphatic heterocycles. The molecule has 106 valence electrons. The van der Waals surface area contributed by atoms with E-state index in [0.29, 0.717) is 25.0 Å². The second-order valence-corrected chi connectivity index (χ2v) is 5.46. The predicted octanol–water partition coefficient (Wildman–Crippen LogP) is 3.28. The fraction of sp³-hybridized carbons (Fsp3) is 0.688. The molecule has 2 aliphatic rings. The van der Waals surface area contributed by atoms with Crippen molar-refractivity contribution in [3.63, 3.8) is 0 Å². The summed E-state index contributed by atoms with van der Waals surface area (Å²) >= 11 is 0. The van der Waals surface area contributed by atoms with Gasteiger partial charge in [-0.2, -0.15) is 0 Å². The molecule has 0 saturated heterocycles. The molecule has 2 rings (SSSR count). The van der Waals surface area contributed by atoms with Gasteiger partial charge in [0.15, 0.2) is 5.78 Å². The Kier molecular flexibility index (Phi) is 5.20. The number of rotatable bonds is 6. The van der Waals surface area contributed by atoms with Gasteiger partial charge in [-0.25, -0.2) is 0 Å². The maximum atomic E-state index is 11.7. The van der Waals surface area contributed by atoms with Gasteiger partial charge in [0.2, 0.25) is 0 Å². The zero-order valence-electron chi connectivity index (χ0n) is 11.7. The van der Waals surface area contributed by atoms with E-state index in [1.54, 1.807) is 0 Å². The highest BCUT2D eigenvalue weighted by molar-refractivity contribution is 5.97. The highest BCUT2D eigenvalue weighted by Gasteiger charge is 2.35. The first-order chi connectivity index (χ1) is 9.22. The summed E-state index contributed by atoms with van der Waals surface area (Å²) in [6, 6.07) is 0. The van der Waals surface area contributed by atoms with E-state index in [-0.39, 0.29) is 11.9 Å². The Labute approximate surface area is 115 Å². The summed E-state index contributed by atoms with van der Waals surface area (Å²) < 4.78 is 5.70. The molecule has 0 aromatic heterocycles. The first kappa shape index (κ1) is 14.3. The van der Waals surface area contributed by atoms with E-state index in [2.05, 4.69) is 13.0 Å². The Hall–Kier alpha value is -1.09. The molecule has 0 amide bonds. The van der Waals surface area contributed by atoms with E-state index in [0.717, 1.165) is 12.0 Å². The van der Waals surface area contributed by atoms with Crippen molar-refractivity contribution in [2.75, 3.05) is 0 Å². The molecule has 0 saturated carbocycles. The van der Waals surface area contributed by atoms with Crippen LogP contribution in [0.3, 0.4) is 0 Å². The number of carbonyl (C=O) groups excluding carboxylic acids is 1. The van der Waals surface area contributed by atoms with Gasteiger partial charge in [0.05, 0.1) is 0 Å². The second-order valence-electron chi connectivity index (χ2n) is 5.46. The SMILES string of the molecule is CCCCCC/C=C/C1CC2=C(O1)[C@H](O)CCC2=O. The lowest BCUT2D eigenvalue weighted by Gasteiger charge is -2.18. The smallest absolute Gasteiger partial charge is 0.162 e.